The highest BCUT2D eigenvalue weighted by Gasteiger charge is 2.15. The molecule has 2 aromatic rings. The quantitative estimate of drug-likeness (QED) is 0.805. The van der Waals surface area contributed by atoms with E-state index in [2.05, 4.69) is 5.32 Å². The van der Waals surface area contributed by atoms with Crippen molar-refractivity contribution in [1.29, 1.82) is 0 Å². The first-order valence-corrected chi connectivity index (χ1v) is 8.01. The zero-order valence-electron chi connectivity index (χ0n) is 13.9. The van der Waals surface area contributed by atoms with E-state index in [1.165, 1.54) is 7.11 Å². The van der Waals surface area contributed by atoms with E-state index >= 15 is 0 Å². The molecule has 5 nitrogen and oxygen atoms in total. The summed E-state index contributed by atoms with van der Waals surface area (Å²) in [5.41, 5.74) is 0.995. The fraction of sp³-hybridized carbons (Fsp3) is 0.278. The Morgan fingerprint density at radius 3 is 2.42 bits per heavy atom. The molecule has 0 radical (unpaired) electrons. The van der Waals surface area contributed by atoms with Crippen LogP contribution in [0.4, 0.5) is 5.69 Å². The highest BCUT2D eigenvalue weighted by Crippen LogP contribution is 2.29. The van der Waals surface area contributed by atoms with Crippen molar-refractivity contribution in [1.82, 2.24) is 0 Å². The third kappa shape index (κ3) is 4.32. The van der Waals surface area contributed by atoms with Crippen molar-refractivity contribution in [3.8, 4) is 17.2 Å². The number of carbonyl (C=O) groups excluding carboxylic acids is 1. The predicted octanol–water partition coefficient (Wildman–Crippen LogP) is 4.40. The summed E-state index contributed by atoms with van der Waals surface area (Å²) in [6, 6.07) is 10.2. The monoisotopic (exact) mass is 349 g/mol. The third-order valence-electron chi connectivity index (χ3n) is 3.22. The number of rotatable bonds is 7. The van der Waals surface area contributed by atoms with Crippen LogP contribution in [-0.2, 0) is 0 Å². The molecular formula is C18H20ClNO4. The minimum atomic E-state index is -0.289. The summed E-state index contributed by atoms with van der Waals surface area (Å²) in [7, 11) is 1.54. The smallest absolute Gasteiger partial charge is 0.259 e. The molecule has 0 saturated heterocycles. The summed E-state index contributed by atoms with van der Waals surface area (Å²) >= 11 is 6.08. The summed E-state index contributed by atoms with van der Waals surface area (Å²) in [4.78, 5) is 12.5. The van der Waals surface area contributed by atoms with Gasteiger partial charge in [-0.05, 0) is 44.2 Å². The van der Waals surface area contributed by atoms with Gasteiger partial charge in [-0.3, -0.25) is 4.79 Å². The van der Waals surface area contributed by atoms with Gasteiger partial charge in [0, 0.05) is 11.8 Å². The van der Waals surface area contributed by atoms with Crippen LogP contribution in [0.1, 0.15) is 24.2 Å². The van der Waals surface area contributed by atoms with Crippen LogP contribution in [0.2, 0.25) is 5.02 Å². The summed E-state index contributed by atoms with van der Waals surface area (Å²) in [5.74, 6) is 1.39. The van der Waals surface area contributed by atoms with Gasteiger partial charge in [0.2, 0.25) is 0 Å². The molecule has 0 aliphatic rings. The number of hydrogen-bond donors (Lipinski definition) is 1. The van der Waals surface area contributed by atoms with Crippen LogP contribution < -0.4 is 19.5 Å². The lowest BCUT2D eigenvalue weighted by atomic mass is 10.1. The average molecular weight is 350 g/mol. The highest BCUT2D eigenvalue weighted by atomic mass is 35.5. The zero-order valence-corrected chi connectivity index (χ0v) is 14.6. The Hall–Kier alpha value is -2.40. The Morgan fingerprint density at radius 1 is 1.04 bits per heavy atom. The van der Waals surface area contributed by atoms with Crippen LogP contribution in [0.25, 0.3) is 0 Å². The molecule has 0 unspecified atom stereocenters. The van der Waals surface area contributed by atoms with Gasteiger partial charge in [0.1, 0.15) is 17.2 Å². The lowest BCUT2D eigenvalue weighted by molar-refractivity contribution is 0.102. The second-order valence-electron chi connectivity index (χ2n) is 4.83. The van der Waals surface area contributed by atoms with Crippen LogP contribution in [0.3, 0.4) is 0 Å². The molecule has 0 spiro atoms. The van der Waals surface area contributed by atoms with E-state index in [0.717, 1.165) is 0 Å². The molecule has 0 saturated carbocycles. The fourth-order valence-corrected chi connectivity index (χ4v) is 2.42. The van der Waals surface area contributed by atoms with E-state index in [1.54, 1.807) is 36.4 Å². The fourth-order valence-electron chi connectivity index (χ4n) is 2.16. The SMILES string of the molecule is CCOc1ccc(C(=O)Nc2ccc(OC)c(Cl)c2)c(OCC)c1. The summed E-state index contributed by atoms with van der Waals surface area (Å²) in [6.07, 6.45) is 0. The van der Waals surface area contributed by atoms with Gasteiger partial charge in [0.25, 0.3) is 5.91 Å². The van der Waals surface area contributed by atoms with Crippen LogP contribution in [0, 0.1) is 0 Å². The van der Waals surface area contributed by atoms with E-state index in [-0.39, 0.29) is 5.91 Å². The average Bonchev–Trinajstić information content (AvgIpc) is 2.56. The molecular weight excluding hydrogens is 330 g/mol. The molecule has 1 N–H and O–H groups in total. The summed E-state index contributed by atoms with van der Waals surface area (Å²) in [5, 5.41) is 3.22. The predicted molar refractivity (Wildman–Crippen MR) is 94.7 cm³/mol. The maximum absolute atomic E-state index is 12.5. The Kier molecular flexibility index (Phi) is 6.32. The molecule has 24 heavy (non-hydrogen) atoms. The number of halogens is 1. The molecule has 128 valence electrons. The molecule has 2 aromatic carbocycles. The van der Waals surface area contributed by atoms with Gasteiger partial charge in [0.15, 0.2) is 0 Å². The van der Waals surface area contributed by atoms with Crippen LogP contribution in [0.5, 0.6) is 17.2 Å². The number of ether oxygens (including phenoxy) is 3. The lowest BCUT2D eigenvalue weighted by Crippen LogP contribution is -2.14. The first-order valence-electron chi connectivity index (χ1n) is 7.63. The molecule has 0 fully saturated rings. The van der Waals surface area contributed by atoms with E-state index in [0.29, 0.717) is 46.7 Å². The molecule has 0 aliphatic carbocycles. The Bertz CT molecular complexity index is 718. The van der Waals surface area contributed by atoms with Crippen LogP contribution in [-0.4, -0.2) is 26.2 Å². The van der Waals surface area contributed by atoms with E-state index < -0.39 is 0 Å². The lowest BCUT2D eigenvalue weighted by Gasteiger charge is -2.13. The van der Waals surface area contributed by atoms with Crippen molar-refractivity contribution in [2.75, 3.05) is 25.6 Å². The Balaban J connectivity index is 2.23. The first kappa shape index (κ1) is 17.9. The van der Waals surface area contributed by atoms with Crippen molar-refractivity contribution in [2.24, 2.45) is 0 Å². The molecule has 6 heteroatoms. The van der Waals surface area contributed by atoms with Crippen molar-refractivity contribution in [2.45, 2.75) is 13.8 Å². The number of anilines is 1. The number of hydrogen-bond acceptors (Lipinski definition) is 4. The van der Waals surface area contributed by atoms with Gasteiger partial charge < -0.3 is 19.5 Å². The number of benzene rings is 2. The minimum absolute atomic E-state index is 0.289. The van der Waals surface area contributed by atoms with Gasteiger partial charge in [-0.25, -0.2) is 0 Å². The normalized spacial score (nSPS) is 10.2. The van der Waals surface area contributed by atoms with Crippen LogP contribution >= 0.6 is 11.6 Å². The van der Waals surface area contributed by atoms with Crippen molar-refractivity contribution in [3.05, 3.63) is 47.0 Å². The van der Waals surface area contributed by atoms with Gasteiger partial charge in [-0.2, -0.15) is 0 Å². The maximum atomic E-state index is 12.5. The van der Waals surface area contributed by atoms with Gasteiger partial charge in [-0.1, -0.05) is 11.6 Å². The van der Waals surface area contributed by atoms with Gasteiger partial charge in [-0.15, -0.1) is 0 Å². The second kappa shape index (κ2) is 8.45. The van der Waals surface area contributed by atoms with E-state index in [1.807, 2.05) is 13.8 Å². The first-order chi connectivity index (χ1) is 11.6. The molecule has 2 rings (SSSR count). The molecule has 1 amide bonds. The van der Waals surface area contributed by atoms with E-state index in [9.17, 15) is 4.79 Å². The van der Waals surface area contributed by atoms with Gasteiger partial charge >= 0.3 is 0 Å². The molecule has 0 atom stereocenters. The zero-order chi connectivity index (χ0) is 17.5. The van der Waals surface area contributed by atoms with Crippen molar-refractivity contribution in [3.63, 3.8) is 0 Å². The number of carbonyl (C=O) groups is 1. The van der Waals surface area contributed by atoms with E-state index in [4.69, 9.17) is 25.8 Å². The minimum Gasteiger partial charge on any atom is -0.495 e. The largest absolute Gasteiger partial charge is 0.495 e. The Labute approximate surface area is 146 Å². The topological polar surface area (TPSA) is 56.8 Å². The molecule has 0 aliphatic heterocycles. The number of methoxy groups -OCH3 is 1. The molecule has 0 heterocycles. The Morgan fingerprint density at radius 2 is 1.79 bits per heavy atom. The number of amides is 1. The summed E-state index contributed by atoms with van der Waals surface area (Å²) < 4.78 is 16.1. The third-order valence-corrected chi connectivity index (χ3v) is 3.51. The van der Waals surface area contributed by atoms with Gasteiger partial charge in [0.05, 0.1) is 30.9 Å². The standard InChI is InChI=1S/C18H20ClNO4/c1-4-23-13-7-8-14(17(11-13)24-5-2)18(21)20-12-6-9-16(22-3)15(19)10-12/h6-11H,4-5H2,1-3H3,(H,20,21). The summed E-state index contributed by atoms with van der Waals surface area (Å²) in [6.45, 7) is 4.75. The number of nitrogens with one attached hydrogen (secondary N) is 1. The van der Waals surface area contributed by atoms with Crippen molar-refractivity contribution >= 4 is 23.2 Å². The van der Waals surface area contributed by atoms with Crippen molar-refractivity contribution < 1.29 is 19.0 Å². The maximum Gasteiger partial charge on any atom is 0.259 e. The second-order valence-corrected chi connectivity index (χ2v) is 5.23. The molecule has 0 bridgehead atoms. The highest BCUT2D eigenvalue weighted by molar-refractivity contribution is 6.32. The molecule has 0 aromatic heterocycles. The van der Waals surface area contributed by atoms with Crippen LogP contribution in [0.15, 0.2) is 36.4 Å².